The highest BCUT2D eigenvalue weighted by atomic mass is 16.2. The smallest absolute Gasteiger partial charge is 0.260 e. The van der Waals surface area contributed by atoms with E-state index in [1.54, 1.807) is 17.9 Å². The number of H-pyrrole nitrogens is 1. The molecule has 1 aromatic heterocycles. The average Bonchev–Trinajstić information content (AvgIpc) is 3.00. The van der Waals surface area contributed by atoms with Crippen molar-refractivity contribution >= 4 is 11.8 Å². The van der Waals surface area contributed by atoms with E-state index in [2.05, 4.69) is 10.3 Å². The summed E-state index contributed by atoms with van der Waals surface area (Å²) in [4.78, 5) is 40.9. The van der Waals surface area contributed by atoms with Crippen molar-refractivity contribution in [1.82, 2.24) is 15.2 Å². The van der Waals surface area contributed by atoms with Gasteiger partial charge in [0.15, 0.2) is 0 Å². The lowest BCUT2D eigenvalue weighted by Crippen LogP contribution is -2.40. The Hall–Kier alpha value is -2.89. The van der Waals surface area contributed by atoms with Crippen LogP contribution in [0.15, 0.2) is 47.3 Å². The molecule has 0 saturated carbocycles. The van der Waals surface area contributed by atoms with Crippen molar-refractivity contribution in [2.45, 2.75) is 25.8 Å². The molecule has 1 aromatic carbocycles. The summed E-state index contributed by atoms with van der Waals surface area (Å²) in [5, 5.41) is 2.90. The first-order chi connectivity index (χ1) is 12.0. The van der Waals surface area contributed by atoms with Gasteiger partial charge >= 0.3 is 0 Å². The number of carbonyl (C=O) groups is 2. The number of amides is 2. The van der Waals surface area contributed by atoms with Crippen molar-refractivity contribution in [3.8, 4) is 0 Å². The molecule has 25 heavy (non-hydrogen) atoms. The Balaban J connectivity index is 1.83. The van der Waals surface area contributed by atoms with Crippen LogP contribution >= 0.6 is 0 Å². The highest BCUT2D eigenvalue weighted by Crippen LogP contribution is 2.19. The Bertz CT molecular complexity index is 829. The molecule has 0 unspecified atom stereocenters. The highest BCUT2D eigenvalue weighted by Gasteiger charge is 2.26. The maximum atomic E-state index is 12.6. The van der Waals surface area contributed by atoms with E-state index in [1.807, 2.05) is 30.3 Å². The van der Waals surface area contributed by atoms with Gasteiger partial charge in [0.05, 0.1) is 6.04 Å². The summed E-state index contributed by atoms with van der Waals surface area (Å²) in [5.74, 6) is -0.342. The number of benzene rings is 1. The van der Waals surface area contributed by atoms with Crippen LogP contribution < -0.4 is 10.9 Å². The number of hydrogen-bond donors (Lipinski definition) is 2. The summed E-state index contributed by atoms with van der Waals surface area (Å²) in [7, 11) is 0. The first kappa shape index (κ1) is 17.0. The van der Waals surface area contributed by atoms with Gasteiger partial charge in [-0.1, -0.05) is 30.3 Å². The minimum atomic E-state index is -0.443. The molecular weight excluding hydrogens is 318 g/mol. The van der Waals surface area contributed by atoms with Crippen LogP contribution in [0.2, 0.25) is 0 Å². The Morgan fingerprint density at radius 3 is 2.60 bits per heavy atom. The summed E-state index contributed by atoms with van der Waals surface area (Å²) in [6.45, 7) is 2.86. The van der Waals surface area contributed by atoms with Gasteiger partial charge in [0, 0.05) is 25.2 Å². The van der Waals surface area contributed by atoms with Crippen LogP contribution in [0.4, 0.5) is 0 Å². The lowest BCUT2D eigenvalue weighted by Gasteiger charge is -2.25. The number of likely N-dealkylation sites (tertiary alicyclic amines) is 1. The van der Waals surface area contributed by atoms with Crippen LogP contribution in [0.25, 0.3) is 0 Å². The Morgan fingerprint density at radius 1 is 1.20 bits per heavy atom. The molecule has 130 valence electrons. The second-order valence-corrected chi connectivity index (χ2v) is 6.26. The molecule has 6 nitrogen and oxygen atoms in total. The summed E-state index contributed by atoms with van der Waals surface area (Å²) in [6.07, 6.45) is 1.39. The first-order valence-electron chi connectivity index (χ1n) is 8.38. The van der Waals surface area contributed by atoms with Gasteiger partial charge in [-0.15, -0.1) is 0 Å². The normalized spacial score (nSPS) is 15.2. The number of rotatable bonds is 5. The number of nitrogens with one attached hydrogen (secondary N) is 2. The molecule has 6 heteroatoms. The topological polar surface area (TPSA) is 82.3 Å². The molecule has 1 aliphatic rings. The third-order valence-corrected chi connectivity index (χ3v) is 4.38. The van der Waals surface area contributed by atoms with Gasteiger partial charge in [-0.05, 0) is 31.0 Å². The molecule has 1 atom stereocenters. The standard InChI is InChI=1S/C19H21N3O3/c1-13-9-10-15(18(24)20-13)19(25)21-16(14-6-3-2-4-7-14)12-22-11-5-8-17(22)23/h2-4,6-7,9-10,16H,5,8,11-12H2,1H3,(H,20,24)(H,21,25)/t16-/m0/s1. The van der Waals surface area contributed by atoms with Gasteiger partial charge in [0.1, 0.15) is 5.56 Å². The minimum absolute atomic E-state index is 0.0688. The maximum Gasteiger partial charge on any atom is 0.260 e. The maximum absolute atomic E-state index is 12.6. The van der Waals surface area contributed by atoms with E-state index in [-0.39, 0.29) is 17.5 Å². The number of hydrogen-bond acceptors (Lipinski definition) is 3. The number of aromatic amines is 1. The molecule has 1 saturated heterocycles. The molecule has 0 bridgehead atoms. The highest BCUT2D eigenvalue weighted by molar-refractivity contribution is 5.94. The molecule has 2 aromatic rings. The van der Waals surface area contributed by atoms with E-state index in [4.69, 9.17) is 0 Å². The van der Waals surface area contributed by atoms with Crippen molar-refractivity contribution in [3.63, 3.8) is 0 Å². The number of carbonyl (C=O) groups excluding carboxylic acids is 2. The number of aryl methyl sites for hydroxylation is 1. The molecule has 0 spiro atoms. The van der Waals surface area contributed by atoms with Gasteiger partial charge in [-0.3, -0.25) is 14.4 Å². The second kappa shape index (κ2) is 7.34. The molecule has 1 aliphatic heterocycles. The van der Waals surface area contributed by atoms with Crippen molar-refractivity contribution < 1.29 is 9.59 Å². The Kier molecular flexibility index (Phi) is 4.97. The van der Waals surface area contributed by atoms with E-state index in [0.717, 1.165) is 12.0 Å². The largest absolute Gasteiger partial charge is 0.343 e. The summed E-state index contributed by atoms with van der Waals surface area (Å²) >= 11 is 0. The lowest BCUT2D eigenvalue weighted by molar-refractivity contribution is -0.128. The van der Waals surface area contributed by atoms with Crippen LogP contribution in [0.5, 0.6) is 0 Å². The van der Waals surface area contributed by atoms with E-state index >= 15 is 0 Å². The van der Waals surface area contributed by atoms with Gasteiger partial charge < -0.3 is 15.2 Å². The van der Waals surface area contributed by atoms with Crippen LogP contribution in [0.3, 0.4) is 0 Å². The van der Waals surface area contributed by atoms with E-state index < -0.39 is 11.5 Å². The molecule has 2 amide bonds. The van der Waals surface area contributed by atoms with E-state index in [0.29, 0.717) is 25.2 Å². The molecule has 3 rings (SSSR count). The number of nitrogens with zero attached hydrogens (tertiary/aromatic N) is 1. The Morgan fingerprint density at radius 2 is 1.96 bits per heavy atom. The number of aromatic nitrogens is 1. The molecule has 2 heterocycles. The SMILES string of the molecule is Cc1ccc(C(=O)N[C@@H](CN2CCCC2=O)c2ccccc2)c(=O)[nH]1. The van der Waals surface area contributed by atoms with Gasteiger partial charge in [0.2, 0.25) is 5.91 Å². The zero-order chi connectivity index (χ0) is 17.8. The molecule has 2 N–H and O–H groups in total. The van der Waals surface area contributed by atoms with Crippen molar-refractivity contribution in [3.05, 3.63) is 69.6 Å². The lowest BCUT2D eigenvalue weighted by atomic mass is 10.1. The van der Waals surface area contributed by atoms with Crippen molar-refractivity contribution in [2.75, 3.05) is 13.1 Å². The predicted octanol–water partition coefficient (Wildman–Crippen LogP) is 1.78. The van der Waals surface area contributed by atoms with Crippen molar-refractivity contribution in [2.24, 2.45) is 0 Å². The van der Waals surface area contributed by atoms with Crippen LogP contribution in [-0.2, 0) is 4.79 Å². The van der Waals surface area contributed by atoms with Crippen LogP contribution in [0.1, 0.15) is 40.5 Å². The molecule has 1 fully saturated rings. The molecule has 0 aliphatic carbocycles. The summed E-state index contributed by atoms with van der Waals surface area (Å²) in [6, 6.07) is 12.3. The minimum Gasteiger partial charge on any atom is -0.343 e. The predicted molar refractivity (Wildman–Crippen MR) is 94.3 cm³/mol. The first-order valence-corrected chi connectivity index (χ1v) is 8.38. The van der Waals surface area contributed by atoms with Gasteiger partial charge in [-0.2, -0.15) is 0 Å². The third-order valence-electron chi connectivity index (χ3n) is 4.38. The Labute approximate surface area is 145 Å². The van der Waals surface area contributed by atoms with Crippen LogP contribution in [0, 0.1) is 6.92 Å². The quantitative estimate of drug-likeness (QED) is 0.871. The zero-order valence-corrected chi connectivity index (χ0v) is 14.1. The zero-order valence-electron chi connectivity index (χ0n) is 14.1. The van der Waals surface area contributed by atoms with Crippen molar-refractivity contribution in [1.29, 1.82) is 0 Å². The summed E-state index contributed by atoms with van der Waals surface area (Å²) in [5.41, 5.74) is 1.25. The van der Waals surface area contributed by atoms with Gasteiger partial charge in [0.25, 0.3) is 11.5 Å². The second-order valence-electron chi connectivity index (χ2n) is 6.26. The average molecular weight is 339 g/mol. The summed E-state index contributed by atoms with van der Waals surface area (Å²) < 4.78 is 0. The fourth-order valence-corrected chi connectivity index (χ4v) is 3.02. The monoisotopic (exact) mass is 339 g/mol. The fraction of sp³-hybridized carbons (Fsp3) is 0.316. The van der Waals surface area contributed by atoms with E-state index in [9.17, 15) is 14.4 Å². The van der Waals surface area contributed by atoms with Crippen LogP contribution in [-0.4, -0.2) is 34.8 Å². The molecular formula is C19H21N3O3. The third kappa shape index (κ3) is 3.96. The van der Waals surface area contributed by atoms with Gasteiger partial charge in [-0.25, -0.2) is 0 Å². The fourth-order valence-electron chi connectivity index (χ4n) is 3.02. The molecule has 0 radical (unpaired) electrons. The number of pyridine rings is 1. The van der Waals surface area contributed by atoms with E-state index in [1.165, 1.54) is 6.07 Å².